The maximum Gasteiger partial charge on any atom is 0.302 e. The third kappa shape index (κ3) is 3.26. The molecule has 4 nitrogen and oxygen atoms in total. The Labute approximate surface area is 125 Å². The smallest absolute Gasteiger partial charge is 0.302 e. The van der Waals surface area contributed by atoms with E-state index in [9.17, 15) is 14.7 Å². The Morgan fingerprint density at radius 1 is 1.57 bits per heavy atom. The predicted octanol–water partition coefficient (Wildman–Crippen LogP) is 2.42. The molecule has 2 aliphatic carbocycles. The van der Waals surface area contributed by atoms with Crippen molar-refractivity contribution in [3.63, 3.8) is 0 Å². The highest BCUT2D eigenvalue weighted by atomic mass is 16.5. The van der Waals surface area contributed by atoms with Crippen LogP contribution in [0, 0.1) is 17.3 Å². The number of Topliss-reactive ketones (excluding diaryl/α,β-unsaturated/α-hetero) is 1. The van der Waals surface area contributed by atoms with Crippen LogP contribution in [0.15, 0.2) is 23.8 Å². The highest BCUT2D eigenvalue weighted by Crippen LogP contribution is 2.56. The van der Waals surface area contributed by atoms with E-state index in [1.165, 1.54) is 12.5 Å². The van der Waals surface area contributed by atoms with Crippen molar-refractivity contribution in [2.75, 3.05) is 13.2 Å². The van der Waals surface area contributed by atoms with Gasteiger partial charge in [-0.25, -0.2) is 0 Å². The van der Waals surface area contributed by atoms with E-state index < -0.39 is 0 Å². The minimum Gasteiger partial charge on any atom is -0.461 e. The molecule has 0 aromatic rings. The Bertz CT molecular complexity index is 491. The molecule has 1 saturated carbocycles. The molecule has 0 aromatic carbocycles. The van der Waals surface area contributed by atoms with Gasteiger partial charge in [0.1, 0.15) is 6.61 Å². The zero-order valence-corrected chi connectivity index (χ0v) is 12.9. The first-order chi connectivity index (χ1) is 9.87. The SMILES string of the molecule is C=C1CCC=C(COC(C)=O)C(=O)CC2C1CC2(C)CO. The molecule has 2 rings (SSSR count). The molecule has 0 heterocycles. The molecule has 0 saturated heterocycles. The first-order valence-electron chi connectivity index (χ1n) is 7.51. The summed E-state index contributed by atoms with van der Waals surface area (Å²) in [5.74, 6) is 0.115. The molecule has 3 atom stereocenters. The molecule has 3 unspecified atom stereocenters. The zero-order valence-electron chi connectivity index (χ0n) is 12.9. The van der Waals surface area contributed by atoms with Gasteiger partial charge in [0.2, 0.25) is 0 Å². The summed E-state index contributed by atoms with van der Waals surface area (Å²) >= 11 is 0. The number of esters is 1. The topological polar surface area (TPSA) is 63.6 Å². The van der Waals surface area contributed by atoms with E-state index in [0.29, 0.717) is 17.9 Å². The zero-order chi connectivity index (χ0) is 15.6. The number of aliphatic hydroxyl groups is 1. The van der Waals surface area contributed by atoms with Crippen molar-refractivity contribution in [3.05, 3.63) is 23.8 Å². The van der Waals surface area contributed by atoms with E-state index >= 15 is 0 Å². The van der Waals surface area contributed by atoms with Gasteiger partial charge in [-0.15, -0.1) is 0 Å². The Hall–Kier alpha value is -1.42. The third-order valence-corrected chi connectivity index (χ3v) is 5.00. The Morgan fingerprint density at radius 2 is 2.29 bits per heavy atom. The molecule has 4 heteroatoms. The van der Waals surface area contributed by atoms with Crippen LogP contribution in [-0.2, 0) is 14.3 Å². The molecular weight excluding hydrogens is 268 g/mol. The molecular formula is C17H24O4. The number of allylic oxidation sites excluding steroid dienone is 2. The number of aliphatic hydroxyl groups excluding tert-OH is 1. The molecule has 1 N–H and O–H groups in total. The quantitative estimate of drug-likeness (QED) is 0.641. The first-order valence-corrected chi connectivity index (χ1v) is 7.51. The number of hydrogen-bond acceptors (Lipinski definition) is 4. The monoisotopic (exact) mass is 292 g/mol. The summed E-state index contributed by atoms with van der Waals surface area (Å²) in [4.78, 5) is 23.4. The van der Waals surface area contributed by atoms with E-state index in [0.717, 1.165) is 19.3 Å². The Kier molecular flexibility index (Phi) is 4.67. The van der Waals surface area contributed by atoms with Gasteiger partial charge in [-0.1, -0.05) is 25.2 Å². The van der Waals surface area contributed by atoms with Crippen LogP contribution in [0.3, 0.4) is 0 Å². The molecule has 0 aromatic heterocycles. The van der Waals surface area contributed by atoms with Gasteiger partial charge in [0.05, 0.1) is 0 Å². The number of ether oxygens (including phenoxy) is 1. The van der Waals surface area contributed by atoms with Crippen LogP contribution >= 0.6 is 0 Å². The molecule has 2 aliphatic rings. The average molecular weight is 292 g/mol. The molecule has 0 amide bonds. The first kappa shape index (κ1) is 16.0. The van der Waals surface area contributed by atoms with Gasteiger partial charge >= 0.3 is 5.97 Å². The van der Waals surface area contributed by atoms with Crippen molar-refractivity contribution in [2.45, 2.75) is 39.5 Å². The maximum atomic E-state index is 12.5. The molecule has 21 heavy (non-hydrogen) atoms. The van der Waals surface area contributed by atoms with Crippen LogP contribution < -0.4 is 0 Å². The lowest BCUT2D eigenvalue weighted by molar-refractivity contribution is -0.140. The number of carbonyl (C=O) groups is 2. The predicted molar refractivity (Wildman–Crippen MR) is 79.5 cm³/mol. The van der Waals surface area contributed by atoms with Crippen LogP contribution in [-0.4, -0.2) is 30.1 Å². The Balaban J connectivity index is 2.15. The van der Waals surface area contributed by atoms with Gasteiger partial charge < -0.3 is 9.84 Å². The average Bonchev–Trinajstić information content (AvgIpc) is 2.48. The fraction of sp³-hybridized carbons (Fsp3) is 0.647. The summed E-state index contributed by atoms with van der Waals surface area (Å²) in [6.45, 7) is 7.67. The van der Waals surface area contributed by atoms with E-state index in [1.807, 2.05) is 13.0 Å². The van der Waals surface area contributed by atoms with Crippen molar-refractivity contribution in [3.8, 4) is 0 Å². The van der Waals surface area contributed by atoms with Gasteiger partial charge in [-0.05, 0) is 36.5 Å². The number of fused-ring (bicyclic) bond motifs is 1. The van der Waals surface area contributed by atoms with Gasteiger partial charge in [-0.3, -0.25) is 9.59 Å². The van der Waals surface area contributed by atoms with E-state index in [-0.39, 0.29) is 36.3 Å². The van der Waals surface area contributed by atoms with Crippen LogP contribution in [0.1, 0.15) is 39.5 Å². The van der Waals surface area contributed by atoms with E-state index in [4.69, 9.17) is 4.74 Å². The van der Waals surface area contributed by atoms with Crippen LogP contribution in [0.25, 0.3) is 0 Å². The van der Waals surface area contributed by atoms with E-state index in [1.54, 1.807) is 0 Å². The molecule has 1 fully saturated rings. The fourth-order valence-corrected chi connectivity index (χ4v) is 3.50. The van der Waals surface area contributed by atoms with Crippen LogP contribution in [0.5, 0.6) is 0 Å². The summed E-state index contributed by atoms with van der Waals surface area (Å²) in [6, 6.07) is 0. The summed E-state index contributed by atoms with van der Waals surface area (Å²) in [5.41, 5.74) is 1.55. The van der Waals surface area contributed by atoms with Crippen molar-refractivity contribution in [2.24, 2.45) is 17.3 Å². The summed E-state index contributed by atoms with van der Waals surface area (Å²) in [7, 11) is 0. The second kappa shape index (κ2) is 6.14. The van der Waals surface area contributed by atoms with Crippen molar-refractivity contribution in [1.29, 1.82) is 0 Å². The molecule has 0 bridgehead atoms. The van der Waals surface area contributed by atoms with Crippen molar-refractivity contribution < 1.29 is 19.4 Å². The van der Waals surface area contributed by atoms with E-state index in [2.05, 4.69) is 6.58 Å². The third-order valence-electron chi connectivity index (χ3n) is 5.00. The highest BCUT2D eigenvalue weighted by Gasteiger charge is 2.51. The standard InChI is InChI=1S/C17H24O4/c1-11-5-4-6-13(9-21-12(2)19)16(20)7-15-14(11)8-17(15,3)10-18/h6,14-15,18H,1,4-5,7-10H2,2-3H3. The highest BCUT2D eigenvalue weighted by molar-refractivity contribution is 5.96. The lowest BCUT2D eigenvalue weighted by atomic mass is 9.51. The van der Waals surface area contributed by atoms with Crippen LogP contribution in [0.4, 0.5) is 0 Å². The number of hydrogen-bond donors (Lipinski definition) is 1. The largest absolute Gasteiger partial charge is 0.461 e. The fourth-order valence-electron chi connectivity index (χ4n) is 3.50. The van der Waals surface area contributed by atoms with Gasteiger partial charge in [0.25, 0.3) is 0 Å². The van der Waals surface area contributed by atoms with Gasteiger partial charge in [0.15, 0.2) is 5.78 Å². The molecule has 0 aliphatic heterocycles. The van der Waals surface area contributed by atoms with Gasteiger partial charge in [-0.2, -0.15) is 0 Å². The Morgan fingerprint density at radius 3 is 2.90 bits per heavy atom. The summed E-state index contributed by atoms with van der Waals surface area (Å²) in [5, 5.41) is 9.61. The summed E-state index contributed by atoms with van der Waals surface area (Å²) in [6.07, 6.45) is 4.77. The molecule has 0 radical (unpaired) electrons. The summed E-state index contributed by atoms with van der Waals surface area (Å²) < 4.78 is 4.97. The second-order valence-corrected chi connectivity index (χ2v) is 6.56. The minimum atomic E-state index is -0.380. The van der Waals surface area contributed by atoms with Gasteiger partial charge in [0, 0.05) is 25.5 Å². The number of rotatable bonds is 3. The lowest BCUT2D eigenvalue weighted by Crippen LogP contribution is -2.49. The maximum absolute atomic E-state index is 12.5. The normalized spacial score (nSPS) is 33.0. The van der Waals surface area contributed by atoms with Crippen molar-refractivity contribution in [1.82, 2.24) is 0 Å². The second-order valence-electron chi connectivity index (χ2n) is 6.56. The van der Waals surface area contributed by atoms with Crippen molar-refractivity contribution >= 4 is 11.8 Å². The lowest BCUT2D eigenvalue weighted by Gasteiger charge is -2.53. The number of ketones is 1. The molecule has 116 valence electrons. The van der Waals surface area contributed by atoms with Crippen LogP contribution in [0.2, 0.25) is 0 Å². The minimum absolute atomic E-state index is 0.0281. The molecule has 0 spiro atoms. The number of carbonyl (C=O) groups excluding carboxylic acids is 2.